The average molecular weight is 440 g/mol. The molecule has 0 spiro atoms. The van der Waals surface area contributed by atoms with Crippen molar-refractivity contribution in [3.05, 3.63) is 34.9 Å². The van der Waals surface area contributed by atoms with Crippen LogP contribution in [0.15, 0.2) is 18.2 Å². The molecule has 2 fully saturated rings. The number of hydrogen-bond acceptors (Lipinski definition) is 4. The van der Waals surface area contributed by atoms with Gasteiger partial charge in [0.1, 0.15) is 0 Å². The first kappa shape index (κ1) is 22.5. The molecule has 1 aliphatic carbocycles. The number of imide groups is 1. The SMILES string of the molecule is CC(C)CC(=O)N1CCCN(C(=O)c2ccc3c(c2)C(=O)N(C2CCCCC2)C3=O)CC1. The maximum absolute atomic E-state index is 13.2. The number of amides is 4. The van der Waals surface area contributed by atoms with Gasteiger partial charge in [0.2, 0.25) is 5.91 Å². The van der Waals surface area contributed by atoms with Crippen LogP contribution in [0.5, 0.6) is 0 Å². The molecule has 4 amide bonds. The number of benzene rings is 1. The van der Waals surface area contributed by atoms with E-state index in [-0.39, 0.29) is 29.7 Å². The minimum Gasteiger partial charge on any atom is -0.341 e. The maximum atomic E-state index is 13.2. The molecule has 4 rings (SSSR count). The molecule has 0 radical (unpaired) electrons. The van der Waals surface area contributed by atoms with E-state index in [0.29, 0.717) is 55.2 Å². The van der Waals surface area contributed by atoms with E-state index in [2.05, 4.69) is 0 Å². The third-order valence-corrected chi connectivity index (χ3v) is 6.82. The van der Waals surface area contributed by atoms with Gasteiger partial charge >= 0.3 is 0 Å². The summed E-state index contributed by atoms with van der Waals surface area (Å²) in [5.41, 5.74) is 1.17. The first-order valence-electron chi connectivity index (χ1n) is 12.0. The van der Waals surface area contributed by atoms with Crippen LogP contribution in [0.2, 0.25) is 0 Å². The molecule has 1 aromatic carbocycles. The fraction of sp³-hybridized carbons (Fsp3) is 0.600. The highest BCUT2D eigenvalue weighted by atomic mass is 16.2. The molecule has 1 saturated carbocycles. The summed E-state index contributed by atoms with van der Waals surface area (Å²) in [6.45, 7) is 6.28. The Labute approximate surface area is 189 Å². The molecular formula is C25H33N3O4. The zero-order valence-electron chi connectivity index (χ0n) is 19.1. The van der Waals surface area contributed by atoms with E-state index in [0.717, 1.165) is 38.5 Å². The van der Waals surface area contributed by atoms with Crippen LogP contribution in [0.4, 0.5) is 0 Å². The van der Waals surface area contributed by atoms with Crippen molar-refractivity contribution in [3.63, 3.8) is 0 Å². The largest absolute Gasteiger partial charge is 0.341 e. The van der Waals surface area contributed by atoms with Crippen molar-refractivity contribution in [2.24, 2.45) is 5.92 Å². The highest BCUT2D eigenvalue weighted by Crippen LogP contribution is 2.31. The summed E-state index contributed by atoms with van der Waals surface area (Å²) < 4.78 is 0. The smallest absolute Gasteiger partial charge is 0.261 e. The second-order valence-electron chi connectivity index (χ2n) is 9.66. The molecule has 0 bridgehead atoms. The van der Waals surface area contributed by atoms with Crippen molar-refractivity contribution in [1.29, 1.82) is 0 Å². The highest BCUT2D eigenvalue weighted by molar-refractivity contribution is 6.22. The monoisotopic (exact) mass is 439 g/mol. The Morgan fingerprint density at radius 2 is 1.53 bits per heavy atom. The van der Waals surface area contributed by atoms with E-state index >= 15 is 0 Å². The minimum absolute atomic E-state index is 0.0322. The molecule has 2 heterocycles. The van der Waals surface area contributed by atoms with E-state index in [4.69, 9.17) is 0 Å². The van der Waals surface area contributed by atoms with Crippen LogP contribution < -0.4 is 0 Å². The summed E-state index contributed by atoms with van der Waals surface area (Å²) in [7, 11) is 0. The van der Waals surface area contributed by atoms with Crippen molar-refractivity contribution in [3.8, 4) is 0 Å². The second-order valence-corrected chi connectivity index (χ2v) is 9.66. The van der Waals surface area contributed by atoms with Gasteiger partial charge in [-0.05, 0) is 43.4 Å². The van der Waals surface area contributed by atoms with E-state index < -0.39 is 0 Å². The molecule has 2 aliphatic heterocycles. The van der Waals surface area contributed by atoms with Crippen molar-refractivity contribution in [1.82, 2.24) is 14.7 Å². The van der Waals surface area contributed by atoms with Crippen molar-refractivity contribution < 1.29 is 19.2 Å². The van der Waals surface area contributed by atoms with Gasteiger partial charge in [-0.25, -0.2) is 0 Å². The Kier molecular flexibility index (Phi) is 6.63. The molecule has 172 valence electrons. The molecule has 0 unspecified atom stereocenters. The Balaban J connectivity index is 1.46. The Hall–Kier alpha value is -2.70. The molecule has 7 nitrogen and oxygen atoms in total. The molecule has 32 heavy (non-hydrogen) atoms. The summed E-state index contributed by atoms with van der Waals surface area (Å²) >= 11 is 0. The number of fused-ring (bicyclic) bond motifs is 1. The fourth-order valence-corrected chi connectivity index (χ4v) is 5.09. The molecule has 7 heteroatoms. The van der Waals surface area contributed by atoms with E-state index in [9.17, 15) is 19.2 Å². The predicted molar refractivity (Wildman–Crippen MR) is 120 cm³/mol. The van der Waals surface area contributed by atoms with Crippen LogP contribution >= 0.6 is 0 Å². The fourth-order valence-electron chi connectivity index (χ4n) is 5.09. The van der Waals surface area contributed by atoms with Gasteiger partial charge in [-0.15, -0.1) is 0 Å². The van der Waals surface area contributed by atoms with E-state index in [1.54, 1.807) is 23.1 Å². The first-order valence-corrected chi connectivity index (χ1v) is 12.0. The van der Waals surface area contributed by atoms with Crippen LogP contribution in [0.25, 0.3) is 0 Å². The normalized spacial score (nSPS) is 20.0. The number of hydrogen-bond donors (Lipinski definition) is 0. The van der Waals surface area contributed by atoms with Crippen molar-refractivity contribution in [2.45, 2.75) is 64.8 Å². The van der Waals surface area contributed by atoms with Crippen LogP contribution in [0.1, 0.15) is 89.9 Å². The van der Waals surface area contributed by atoms with Crippen LogP contribution in [0.3, 0.4) is 0 Å². The van der Waals surface area contributed by atoms with E-state index in [1.165, 1.54) is 4.90 Å². The Morgan fingerprint density at radius 1 is 0.875 bits per heavy atom. The maximum Gasteiger partial charge on any atom is 0.261 e. The van der Waals surface area contributed by atoms with Crippen LogP contribution in [-0.4, -0.2) is 70.5 Å². The Bertz CT molecular complexity index is 920. The predicted octanol–water partition coefficient (Wildman–Crippen LogP) is 3.34. The molecule has 0 atom stereocenters. The summed E-state index contributed by atoms with van der Waals surface area (Å²) in [5.74, 6) is -0.206. The molecular weight excluding hydrogens is 406 g/mol. The number of carbonyl (C=O) groups excluding carboxylic acids is 4. The summed E-state index contributed by atoms with van der Waals surface area (Å²) in [6.07, 6.45) is 6.18. The number of carbonyl (C=O) groups is 4. The third-order valence-electron chi connectivity index (χ3n) is 6.82. The van der Waals surface area contributed by atoms with Gasteiger partial charge in [-0.3, -0.25) is 24.1 Å². The lowest BCUT2D eigenvalue weighted by Gasteiger charge is -2.29. The number of rotatable bonds is 4. The second kappa shape index (κ2) is 9.43. The topological polar surface area (TPSA) is 78.0 Å². The summed E-state index contributed by atoms with van der Waals surface area (Å²) in [4.78, 5) is 56.6. The van der Waals surface area contributed by atoms with Gasteiger partial charge in [-0.1, -0.05) is 33.1 Å². The molecule has 3 aliphatic rings. The molecule has 0 N–H and O–H groups in total. The highest BCUT2D eigenvalue weighted by Gasteiger charge is 2.40. The van der Waals surface area contributed by atoms with Gasteiger partial charge in [0.05, 0.1) is 11.1 Å². The Morgan fingerprint density at radius 3 is 2.25 bits per heavy atom. The third kappa shape index (κ3) is 4.43. The van der Waals surface area contributed by atoms with Gasteiger partial charge < -0.3 is 9.80 Å². The van der Waals surface area contributed by atoms with Gasteiger partial charge in [0.15, 0.2) is 0 Å². The zero-order valence-corrected chi connectivity index (χ0v) is 19.1. The lowest BCUT2D eigenvalue weighted by Crippen LogP contribution is -2.40. The van der Waals surface area contributed by atoms with Crippen LogP contribution in [0, 0.1) is 5.92 Å². The average Bonchev–Trinajstić information content (AvgIpc) is 2.93. The summed E-state index contributed by atoms with van der Waals surface area (Å²) in [6, 6.07) is 4.84. The lowest BCUT2D eigenvalue weighted by atomic mass is 9.94. The number of nitrogens with zero attached hydrogens (tertiary/aromatic N) is 3. The minimum atomic E-state index is -0.270. The van der Waals surface area contributed by atoms with E-state index in [1.807, 2.05) is 18.7 Å². The van der Waals surface area contributed by atoms with Crippen molar-refractivity contribution in [2.75, 3.05) is 26.2 Å². The molecule has 1 aromatic rings. The lowest BCUT2D eigenvalue weighted by molar-refractivity contribution is -0.131. The first-order chi connectivity index (χ1) is 15.4. The van der Waals surface area contributed by atoms with Crippen molar-refractivity contribution >= 4 is 23.6 Å². The van der Waals surface area contributed by atoms with Crippen LogP contribution in [-0.2, 0) is 4.79 Å². The van der Waals surface area contributed by atoms with Gasteiger partial charge in [-0.2, -0.15) is 0 Å². The molecule has 0 aromatic heterocycles. The zero-order chi connectivity index (χ0) is 22.8. The molecule has 1 saturated heterocycles. The van der Waals surface area contributed by atoms with Gasteiger partial charge in [0, 0.05) is 44.2 Å². The van der Waals surface area contributed by atoms with Gasteiger partial charge in [0.25, 0.3) is 17.7 Å². The quantitative estimate of drug-likeness (QED) is 0.674. The standard InChI is InChI=1S/C25H33N3O4/c1-17(2)15-22(29)26-11-6-12-27(14-13-26)23(30)18-9-10-20-21(16-18)25(32)28(24(20)31)19-7-4-3-5-8-19/h9-10,16-17,19H,3-8,11-15H2,1-2H3. The summed E-state index contributed by atoms with van der Waals surface area (Å²) in [5, 5.41) is 0.